The first kappa shape index (κ1) is 17.8. The van der Waals surface area contributed by atoms with Crippen LogP contribution >= 0.6 is 39.3 Å². The molecule has 0 spiro atoms. The van der Waals surface area contributed by atoms with E-state index in [1.807, 2.05) is 6.07 Å². The molecule has 1 heterocycles. The summed E-state index contributed by atoms with van der Waals surface area (Å²) >= 11 is 10.9. The van der Waals surface area contributed by atoms with Gasteiger partial charge in [0.1, 0.15) is 5.82 Å². The van der Waals surface area contributed by atoms with Crippen molar-refractivity contribution in [1.29, 1.82) is 0 Å². The topological polar surface area (TPSA) is 59.8 Å². The summed E-state index contributed by atoms with van der Waals surface area (Å²) in [6.45, 7) is 4.22. The highest BCUT2D eigenvalue weighted by Crippen LogP contribution is 2.40. The Morgan fingerprint density at radius 1 is 1.46 bits per heavy atom. The van der Waals surface area contributed by atoms with Crippen LogP contribution < -0.4 is 5.32 Å². The SMILES string of the molecule is CC(C)c1nnc(SCC(=O)Nc2ccc(Br)cc2Cl)n1C1CC1. The normalized spacial score (nSPS) is 14.2. The number of benzene rings is 1. The first-order valence-corrected chi connectivity index (χ1v) is 9.94. The molecular formula is C16H18BrClN4OS. The summed E-state index contributed by atoms with van der Waals surface area (Å²) in [5, 5.41) is 12.7. The lowest BCUT2D eigenvalue weighted by atomic mass is 10.2. The monoisotopic (exact) mass is 428 g/mol. The van der Waals surface area contributed by atoms with E-state index in [9.17, 15) is 4.79 Å². The van der Waals surface area contributed by atoms with E-state index in [1.54, 1.807) is 12.1 Å². The molecule has 1 saturated carbocycles. The highest BCUT2D eigenvalue weighted by molar-refractivity contribution is 9.10. The van der Waals surface area contributed by atoms with Crippen LogP contribution in [-0.4, -0.2) is 26.4 Å². The molecule has 0 saturated heterocycles. The summed E-state index contributed by atoms with van der Waals surface area (Å²) in [7, 11) is 0. The Labute approximate surface area is 158 Å². The Hall–Kier alpha value is -1.05. The van der Waals surface area contributed by atoms with Crippen molar-refractivity contribution in [2.75, 3.05) is 11.1 Å². The van der Waals surface area contributed by atoms with Crippen LogP contribution in [0.2, 0.25) is 5.02 Å². The van der Waals surface area contributed by atoms with Crippen molar-refractivity contribution in [2.24, 2.45) is 0 Å². The zero-order chi connectivity index (χ0) is 17.3. The third kappa shape index (κ3) is 4.13. The van der Waals surface area contributed by atoms with Gasteiger partial charge in [-0.2, -0.15) is 0 Å². The molecule has 1 aromatic carbocycles. The third-order valence-electron chi connectivity index (χ3n) is 3.66. The number of rotatable bonds is 6. The van der Waals surface area contributed by atoms with Gasteiger partial charge in [-0.3, -0.25) is 4.79 Å². The molecule has 3 rings (SSSR count). The minimum Gasteiger partial charge on any atom is -0.324 e. The van der Waals surface area contributed by atoms with Gasteiger partial charge >= 0.3 is 0 Å². The summed E-state index contributed by atoms with van der Waals surface area (Å²) in [6.07, 6.45) is 2.32. The van der Waals surface area contributed by atoms with Gasteiger partial charge in [-0.15, -0.1) is 10.2 Å². The van der Waals surface area contributed by atoms with Gasteiger partial charge in [0, 0.05) is 16.4 Å². The number of anilines is 1. The second kappa shape index (κ2) is 7.45. The molecule has 0 unspecified atom stereocenters. The minimum atomic E-state index is -0.110. The van der Waals surface area contributed by atoms with Crippen LogP contribution in [0.1, 0.15) is 44.5 Å². The lowest BCUT2D eigenvalue weighted by molar-refractivity contribution is -0.113. The van der Waals surface area contributed by atoms with Crippen LogP contribution in [0.3, 0.4) is 0 Å². The molecule has 0 aliphatic heterocycles. The summed E-state index contributed by atoms with van der Waals surface area (Å²) in [4.78, 5) is 12.2. The van der Waals surface area contributed by atoms with Gasteiger partial charge in [0.05, 0.1) is 16.5 Å². The van der Waals surface area contributed by atoms with Gasteiger partial charge in [0.2, 0.25) is 5.91 Å². The van der Waals surface area contributed by atoms with Gasteiger partial charge in [-0.05, 0) is 31.0 Å². The average Bonchev–Trinajstić information content (AvgIpc) is 3.27. The first-order chi connectivity index (χ1) is 11.5. The van der Waals surface area contributed by atoms with Crippen molar-refractivity contribution in [2.45, 2.75) is 43.8 Å². The largest absolute Gasteiger partial charge is 0.324 e. The molecule has 1 aliphatic rings. The van der Waals surface area contributed by atoms with Crippen molar-refractivity contribution in [3.05, 3.63) is 33.5 Å². The zero-order valence-electron chi connectivity index (χ0n) is 13.4. The van der Waals surface area contributed by atoms with E-state index in [4.69, 9.17) is 11.6 Å². The molecule has 0 atom stereocenters. The molecule has 2 aromatic rings. The van der Waals surface area contributed by atoms with Crippen molar-refractivity contribution in [3.8, 4) is 0 Å². The van der Waals surface area contributed by atoms with Crippen LogP contribution in [0, 0.1) is 0 Å². The summed E-state index contributed by atoms with van der Waals surface area (Å²) in [5.74, 6) is 1.48. The van der Waals surface area contributed by atoms with E-state index in [1.165, 1.54) is 11.8 Å². The molecule has 1 fully saturated rings. The van der Waals surface area contributed by atoms with E-state index in [0.717, 1.165) is 28.3 Å². The molecule has 128 valence electrons. The van der Waals surface area contributed by atoms with Crippen LogP contribution in [-0.2, 0) is 4.79 Å². The number of hydrogen-bond donors (Lipinski definition) is 1. The maximum Gasteiger partial charge on any atom is 0.234 e. The van der Waals surface area contributed by atoms with Crippen molar-refractivity contribution in [3.63, 3.8) is 0 Å². The summed E-state index contributed by atoms with van der Waals surface area (Å²) in [5.41, 5.74) is 0.608. The predicted octanol–water partition coefficient (Wildman–Crippen LogP) is 4.88. The van der Waals surface area contributed by atoms with Crippen LogP contribution in [0.4, 0.5) is 5.69 Å². The van der Waals surface area contributed by atoms with Crippen molar-refractivity contribution >= 4 is 50.9 Å². The fraction of sp³-hybridized carbons (Fsp3) is 0.438. The van der Waals surface area contributed by atoms with E-state index in [-0.39, 0.29) is 11.7 Å². The Bertz CT molecular complexity index is 761. The molecule has 1 aromatic heterocycles. The number of thioether (sulfide) groups is 1. The number of carbonyl (C=O) groups is 1. The lowest BCUT2D eigenvalue weighted by Gasteiger charge is -2.11. The zero-order valence-corrected chi connectivity index (χ0v) is 16.6. The van der Waals surface area contributed by atoms with E-state index in [2.05, 4.69) is 49.9 Å². The average molecular weight is 430 g/mol. The smallest absolute Gasteiger partial charge is 0.234 e. The molecule has 1 amide bonds. The van der Waals surface area contributed by atoms with Gasteiger partial charge < -0.3 is 9.88 Å². The number of aromatic nitrogens is 3. The predicted molar refractivity (Wildman–Crippen MR) is 101 cm³/mol. The Morgan fingerprint density at radius 3 is 2.83 bits per heavy atom. The molecule has 1 aliphatic carbocycles. The van der Waals surface area contributed by atoms with Crippen molar-refractivity contribution in [1.82, 2.24) is 14.8 Å². The van der Waals surface area contributed by atoms with E-state index in [0.29, 0.717) is 22.7 Å². The van der Waals surface area contributed by atoms with Crippen LogP contribution in [0.15, 0.2) is 27.8 Å². The number of carbonyl (C=O) groups excluding carboxylic acids is 1. The summed E-state index contributed by atoms with van der Waals surface area (Å²) in [6, 6.07) is 5.86. The van der Waals surface area contributed by atoms with Crippen molar-refractivity contribution < 1.29 is 4.79 Å². The quantitative estimate of drug-likeness (QED) is 0.665. The Balaban J connectivity index is 1.64. The Kier molecular flexibility index (Phi) is 5.52. The molecule has 5 nitrogen and oxygen atoms in total. The van der Waals surface area contributed by atoms with Gasteiger partial charge in [-0.1, -0.05) is 53.1 Å². The second-order valence-corrected chi connectivity index (χ2v) is 8.32. The van der Waals surface area contributed by atoms with Gasteiger partial charge in [-0.25, -0.2) is 0 Å². The molecule has 1 N–H and O–H groups in total. The fourth-order valence-electron chi connectivity index (χ4n) is 2.36. The maximum atomic E-state index is 12.2. The molecule has 0 bridgehead atoms. The van der Waals surface area contributed by atoms with Gasteiger partial charge in [0.15, 0.2) is 5.16 Å². The third-order valence-corrected chi connectivity index (χ3v) is 5.41. The van der Waals surface area contributed by atoms with Gasteiger partial charge in [0.25, 0.3) is 0 Å². The van der Waals surface area contributed by atoms with E-state index >= 15 is 0 Å². The molecule has 0 radical (unpaired) electrons. The maximum absolute atomic E-state index is 12.2. The number of nitrogens with one attached hydrogen (secondary N) is 1. The highest BCUT2D eigenvalue weighted by atomic mass is 79.9. The minimum absolute atomic E-state index is 0.110. The van der Waals surface area contributed by atoms with Crippen LogP contribution in [0.25, 0.3) is 0 Å². The molecular weight excluding hydrogens is 412 g/mol. The molecule has 8 heteroatoms. The number of amides is 1. The van der Waals surface area contributed by atoms with Crippen LogP contribution in [0.5, 0.6) is 0 Å². The fourth-order valence-corrected chi connectivity index (χ4v) is 3.90. The second-order valence-electron chi connectivity index (χ2n) is 6.06. The number of hydrogen-bond acceptors (Lipinski definition) is 4. The number of halogens is 2. The highest BCUT2D eigenvalue weighted by Gasteiger charge is 2.30. The Morgan fingerprint density at radius 2 is 2.21 bits per heavy atom. The first-order valence-electron chi connectivity index (χ1n) is 7.78. The summed E-state index contributed by atoms with van der Waals surface area (Å²) < 4.78 is 3.06. The lowest BCUT2D eigenvalue weighted by Crippen LogP contribution is -2.15. The van der Waals surface area contributed by atoms with E-state index < -0.39 is 0 Å². The standard InChI is InChI=1S/C16H18BrClN4OS/c1-9(2)15-20-21-16(22(15)11-4-5-11)24-8-14(23)19-13-6-3-10(17)7-12(13)18/h3,6-7,9,11H,4-5,8H2,1-2H3,(H,19,23). The molecule has 24 heavy (non-hydrogen) atoms. The number of nitrogens with zero attached hydrogens (tertiary/aromatic N) is 3.